The molecule has 0 aromatic heterocycles. The molecule has 0 spiro atoms. The zero-order valence-electron chi connectivity index (χ0n) is 14.8. The van der Waals surface area contributed by atoms with Crippen LogP contribution in [0.1, 0.15) is 12.0 Å². The number of aryl methyl sites for hydroxylation is 1. The van der Waals surface area contributed by atoms with E-state index in [2.05, 4.69) is 0 Å². The molecule has 8 nitrogen and oxygen atoms in total. The van der Waals surface area contributed by atoms with E-state index >= 15 is 0 Å². The van der Waals surface area contributed by atoms with E-state index in [1.165, 1.54) is 31.4 Å². The van der Waals surface area contributed by atoms with Crippen LogP contribution in [0.15, 0.2) is 47.4 Å². The summed E-state index contributed by atoms with van der Waals surface area (Å²) in [5.74, 6) is 0.437. The fourth-order valence-electron chi connectivity index (χ4n) is 2.25. The average molecular weight is 395 g/mol. The molecule has 0 saturated heterocycles. The predicted molar refractivity (Wildman–Crippen MR) is 97.2 cm³/mol. The molecule has 0 heterocycles. The lowest BCUT2D eigenvalue weighted by atomic mass is 10.1. The minimum Gasteiger partial charge on any atom is -0.504 e. The van der Waals surface area contributed by atoms with Crippen LogP contribution in [0.3, 0.4) is 0 Å². The summed E-state index contributed by atoms with van der Waals surface area (Å²) in [4.78, 5) is 11.7. The van der Waals surface area contributed by atoms with Crippen molar-refractivity contribution >= 4 is 16.0 Å². The van der Waals surface area contributed by atoms with Crippen molar-refractivity contribution in [1.29, 1.82) is 0 Å². The Kier molecular flexibility index (Phi) is 7.03. The highest BCUT2D eigenvalue weighted by atomic mass is 32.2. The Bertz CT molecular complexity index is 879. The molecule has 0 amide bonds. The van der Waals surface area contributed by atoms with Crippen molar-refractivity contribution in [2.45, 2.75) is 17.7 Å². The summed E-state index contributed by atoms with van der Waals surface area (Å²) < 4.78 is 37.7. The van der Waals surface area contributed by atoms with Crippen LogP contribution in [0.4, 0.5) is 0 Å². The molecule has 3 N–H and O–H groups in total. The Labute approximate surface area is 157 Å². The Morgan fingerprint density at radius 3 is 2.41 bits per heavy atom. The Morgan fingerprint density at radius 1 is 1.11 bits per heavy atom. The maximum atomic E-state index is 11.7. The number of hydrogen-bond acceptors (Lipinski definition) is 7. The highest BCUT2D eigenvalue weighted by Gasteiger charge is 2.08. The maximum absolute atomic E-state index is 11.7. The van der Waals surface area contributed by atoms with E-state index in [0.29, 0.717) is 17.9 Å². The highest BCUT2D eigenvalue weighted by molar-refractivity contribution is 7.89. The van der Waals surface area contributed by atoms with Gasteiger partial charge in [-0.25, -0.2) is 13.6 Å². The average Bonchev–Trinajstić information content (AvgIpc) is 2.63. The van der Waals surface area contributed by atoms with Gasteiger partial charge in [0.05, 0.1) is 12.0 Å². The van der Waals surface area contributed by atoms with Crippen molar-refractivity contribution < 1.29 is 32.5 Å². The summed E-state index contributed by atoms with van der Waals surface area (Å²) in [6.07, 6.45) is 0.584. The van der Waals surface area contributed by atoms with Crippen molar-refractivity contribution in [3.8, 4) is 17.2 Å². The molecule has 27 heavy (non-hydrogen) atoms. The van der Waals surface area contributed by atoms with Gasteiger partial charge in [0.15, 0.2) is 11.5 Å². The minimum absolute atomic E-state index is 0.00848. The first-order chi connectivity index (χ1) is 12.8. The number of nitrogens with two attached hydrogens (primary N) is 1. The van der Waals surface area contributed by atoms with E-state index in [4.69, 9.17) is 19.3 Å². The molecule has 0 radical (unpaired) electrons. The lowest BCUT2D eigenvalue weighted by molar-refractivity contribution is -0.144. The number of carbonyl (C=O) groups excluding carboxylic acids is 1. The minimum atomic E-state index is -3.74. The molecular weight excluding hydrogens is 374 g/mol. The van der Waals surface area contributed by atoms with Crippen molar-refractivity contribution in [3.05, 3.63) is 48.0 Å². The van der Waals surface area contributed by atoms with Crippen molar-refractivity contribution in [2.75, 3.05) is 20.3 Å². The quantitative estimate of drug-likeness (QED) is 0.488. The molecule has 0 aliphatic carbocycles. The van der Waals surface area contributed by atoms with Crippen LogP contribution in [-0.2, 0) is 26.0 Å². The standard InChI is InChI=1S/C18H21NO7S/c1-24-17-8-2-13(12-16(17)20)3-9-18(21)26-11-10-25-14-4-6-15(7-5-14)27(19,22)23/h2,4-8,12,20H,3,9-11H2,1H3,(H2,19,22,23). The number of esters is 1. The number of sulfonamides is 1. The normalized spacial score (nSPS) is 11.0. The third kappa shape index (κ3) is 6.46. The smallest absolute Gasteiger partial charge is 0.306 e. The second-order valence-electron chi connectivity index (χ2n) is 5.59. The number of phenols is 1. The molecule has 0 saturated carbocycles. The van der Waals surface area contributed by atoms with Crippen LogP contribution in [0.25, 0.3) is 0 Å². The lowest BCUT2D eigenvalue weighted by Crippen LogP contribution is -2.13. The molecule has 0 unspecified atom stereocenters. The second kappa shape index (κ2) is 9.24. The van der Waals surface area contributed by atoms with Crippen LogP contribution in [0.2, 0.25) is 0 Å². The number of ether oxygens (including phenoxy) is 3. The molecular formula is C18H21NO7S. The number of rotatable bonds is 9. The summed E-state index contributed by atoms with van der Waals surface area (Å²) in [5.41, 5.74) is 0.788. The van der Waals surface area contributed by atoms with E-state index in [1.807, 2.05) is 0 Å². The molecule has 0 atom stereocenters. The number of carbonyl (C=O) groups is 1. The fourth-order valence-corrected chi connectivity index (χ4v) is 2.77. The van der Waals surface area contributed by atoms with Crippen LogP contribution in [0, 0.1) is 0 Å². The van der Waals surface area contributed by atoms with Crippen molar-refractivity contribution in [2.24, 2.45) is 5.14 Å². The molecule has 146 valence electrons. The van der Waals surface area contributed by atoms with Gasteiger partial charge < -0.3 is 19.3 Å². The van der Waals surface area contributed by atoms with Crippen LogP contribution in [-0.4, -0.2) is 39.8 Å². The molecule has 0 aliphatic heterocycles. The number of aromatic hydroxyl groups is 1. The topological polar surface area (TPSA) is 125 Å². The van der Waals surface area contributed by atoms with E-state index in [9.17, 15) is 18.3 Å². The highest BCUT2D eigenvalue weighted by Crippen LogP contribution is 2.26. The van der Waals surface area contributed by atoms with Gasteiger partial charge in [0.2, 0.25) is 10.0 Å². The molecule has 0 bridgehead atoms. The van der Waals surface area contributed by atoms with Crippen molar-refractivity contribution in [1.82, 2.24) is 0 Å². The maximum Gasteiger partial charge on any atom is 0.306 e. The molecule has 2 rings (SSSR count). The summed E-state index contributed by atoms with van der Waals surface area (Å²) in [5, 5.41) is 14.7. The van der Waals surface area contributed by atoms with E-state index in [0.717, 1.165) is 5.56 Å². The van der Waals surface area contributed by atoms with Gasteiger partial charge in [0.25, 0.3) is 0 Å². The van der Waals surface area contributed by atoms with Gasteiger partial charge in [-0.15, -0.1) is 0 Å². The first-order valence-corrected chi connectivity index (χ1v) is 9.61. The van der Waals surface area contributed by atoms with Crippen LogP contribution >= 0.6 is 0 Å². The Morgan fingerprint density at radius 2 is 1.81 bits per heavy atom. The fraction of sp³-hybridized carbons (Fsp3) is 0.278. The van der Waals surface area contributed by atoms with Gasteiger partial charge in [-0.1, -0.05) is 6.07 Å². The molecule has 2 aromatic carbocycles. The lowest BCUT2D eigenvalue weighted by Gasteiger charge is -2.08. The van der Waals surface area contributed by atoms with E-state index in [1.54, 1.807) is 18.2 Å². The summed E-state index contributed by atoms with van der Waals surface area (Å²) in [6.45, 7) is 0.188. The van der Waals surface area contributed by atoms with E-state index < -0.39 is 16.0 Å². The van der Waals surface area contributed by atoms with Gasteiger partial charge in [0, 0.05) is 6.42 Å². The molecule has 0 fully saturated rings. The van der Waals surface area contributed by atoms with Gasteiger partial charge >= 0.3 is 5.97 Å². The van der Waals surface area contributed by atoms with Gasteiger partial charge in [-0.3, -0.25) is 4.79 Å². The second-order valence-corrected chi connectivity index (χ2v) is 7.15. The Hall–Kier alpha value is -2.78. The number of methoxy groups -OCH3 is 1. The first kappa shape index (κ1) is 20.5. The zero-order chi connectivity index (χ0) is 19.9. The predicted octanol–water partition coefficient (Wildman–Crippen LogP) is 1.60. The largest absolute Gasteiger partial charge is 0.504 e. The summed E-state index contributed by atoms with van der Waals surface area (Å²) in [6, 6.07) is 10.5. The number of hydrogen-bond donors (Lipinski definition) is 2. The number of benzene rings is 2. The monoisotopic (exact) mass is 395 g/mol. The third-order valence-corrected chi connectivity index (χ3v) is 4.56. The van der Waals surface area contributed by atoms with Crippen LogP contribution < -0.4 is 14.6 Å². The number of primary sulfonamides is 1. The van der Waals surface area contributed by atoms with Crippen LogP contribution in [0.5, 0.6) is 17.2 Å². The summed E-state index contributed by atoms with van der Waals surface area (Å²) in [7, 11) is -2.28. The SMILES string of the molecule is COc1ccc(CCC(=O)OCCOc2ccc(S(N)(=O)=O)cc2)cc1O. The Balaban J connectivity index is 1.69. The first-order valence-electron chi connectivity index (χ1n) is 8.07. The van der Waals surface area contributed by atoms with E-state index in [-0.39, 0.29) is 30.3 Å². The molecule has 0 aliphatic rings. The zero-order valence-corrected chi connectivity index (χ0v) is 15.6. The number of phenolic OH excluding ortho intramolecular Hbond substituents is 1. The third-order valence-electron chi connectivity index (χ3n) is 3.63. The molecule has 2 aromatic rings. The van der Waals surface area contributed by atoms with Gasteiger partial charge in [-0.05, 0) is 48.4 Å². The summed E-state index contributed by atoms with van der Waals surface area (Å²) >= 11 is 0. The van der Waals surface area contributed by atoms with Crippen molar-refractivity contribution in [3.63, 3.8) is 0 Å². The molecule has 9 heteroatoms. The van der Waals surface area contributed by atoms with Gasteiger partial charge in [-0.2, -0.15) is 0 Å². The van der Waals surface area contributed by atoms with Gasteiger partial charge in [0.1, 0.15) is 19.0 Å².